The predicted molar refractivity (Wildman–Crippen MR) is 67.2 cm³/mol. The summed E-state index contributed by atoms with van der Waals surface area (Å²) in [5.41, 5.74) is 13.1. The van der Waals surface area contributed by atoms with Crippen LogP contribution in [0.2, 0.25) is 0 Å². The molecule has 0 aliphatic rings. The summed E-state index contributed by atoms with van der Waals surface area (Å²) in [5.74, 6) is 1.19. The molecule has 0 saturated carbocycles. The molecule has 0 aromatic carbocycles. The molecule has 0 aliphatic carbocycles. The summed E-state index contributed by atoms with van der Waals surface area (Å²) >= 11 is 0. The number of aromatic nitrogens is 4. The van der Waals surface area contributed by atoms with Crippen molar-refractivity contribution >= 4 is 22.9 Å². The molecule has 2 rings (SSSR count). The van der Waals surface area contributed by atoms with Gasteiger partial charge in [-0.15, -0.1) is 0 Å². The van der Waals surface area contributed by atoms with Crippen LogP contribution in [0.5, 0.6) is 0 Å². The van der Waals surface area contributed by atoms with Crippen LogP contribution in [-0.2, 0) is 0 Å². The number of anilines is 2. The van der Waals surface area contributed by atoms with E-state index in [-0.39, 0.29) is 11.8 Å². The Hall–Kier alpha value is -1.98. The van der Waals surface area contributed by atoms with Crippen molar-refractivity contribution in [3.63, 3.8) is 0 Å². The molecule has 0 aliphatic heterocycles. The van der Waals surface area contributed by atoms with Crippen LogP contribution >= 0.6 is 0 Å². The van der Waals surface area contributed by atoms with Crippen molar-refractivity contribution in [3.05, 3.63) is 11.9 Å². The maximum Gasteiger partial charge on any atom is 0.224 e. The van der Waals surface area contributed by atoms with E-state index in [0.29, 0.717) is 23.0 Å². The molecule has 6 heteroatoms. The number of hydrogen-bond donors (Lipinski definition) is 2. The number of nitrogens with two attached hydrogens (primary N) is 2. The molecule has 6 nitrogen and oxygen atoms in total. The molecule has 2 aromatic rings. The topological polar surface area (TPSA) is 104 Å². The van der Waals surface area contributed by atoms with Crippen LogP contribution in [0.4, 0.5) is 11.8 Å². The Morgan fingerprint density at radius 2 is 1.76 bits per heavy atom. The summed E-state index contributed by atoms with van der Waals surface area (Å²) in [7, 11) is 0. The van der Waals surface area contributed by atoms with Gasteiger partial charge in [-0.05, 0) is 5.92 Å². The Balaban J connectivity index is 2.58. The largest absolute Gasteiger partial charge is 0.382 e. The Morgan fingerprint density at radius 3 is 2.41 bits per heavy atom. The second kappa shape index (κ2) is 4.12. The van der Waals surface area contributed by atoms with Gasteiger partial charge in [0.2, 0.25) is 5.95 Å². The Labute approximate surface area is 99.5 Å². The van der Waals surface area contributed by atoms with Crippen LogP contribution in [0.3, 0.4) is 0 Å². The Morgan fingerprint density at radius 1 is 1.06 bits per heavy atom. The molecule has 1 atom stereocenters. The SMILES string of the molecule is CC(C)C(C)c1cnc2nc(N)nc(N)c2n1. The Kier molecular flexibility index (Phi) is 2.79. The van der Waals surface area contributed by atoms with Crippen LogP contribution < -0.4 is 11.5 Å². The van der Waals surface area contributed by atoms with E-state index in [4.69, 9.17) is 11.5 Å². The van der Waals surface area contributed by atoms with E-state index in [1.54, 1.807) is 6.20 Å². The lowest BCUT2D eigenvalue weighted by molar-refractivity contribution is 0.523. The van der Waals surface area contributed by atoms with Crippen molar-refractivity contribution in [2.24, 2.45) is 5.92 Å². The molecule has 2 heterocycles. The first-order chi connectivity index (χ1) is 7.99. The van der Waals surface area contributed by atoms with Gasteiger partial charge in [-0.1, -0.05) is 20.8 Å². The lowest BCUT2D eigenvalue weighted by atomic mass is 9.95. The summed E-state index contributed by atoms with van der Waals surface area (Å²) in [5, 5.41) is 0. The maximum absolute atomic E-state index is 5.77. The van der Waals surface area contributed by atoms with E-state index in [2.05, 4.69) is 40.7 Å². The lowest BCUT2D eigenvalue weighted by Gasteiger charge is -2.14. The van der Waals surface area contributed by atoms with Gasteiger partial charge in [0.15, 0.2) is 17.0 Å². The summed E-state index contributed by atoms with van der Waals surface area (Å²) < 4.78 is 0. The quantitative estimate of drug-likeness (QED) is 0.809. The number of hydrogen-bond acceptors (Lipinski definition) is 6. The molecule has 0 radical (unpaired) electrons. The third-order valence-electron chi connectivity index (χ3n) is 2.94. The average molecular weight is 232 g/mol. The van der Waals surface area contributed by atoms with Crippen molar-refractivity contribution in [2.75, 3.05) is 11.5 Å². The van der Waals surface area contributed by atoms with Gasteiger partial charge >= 0.3 is 0 Å². The van der Waals surface area contributed by atoms with E-state index in [1.165, 1.54) is 0 Å². The van der Waals surface area contributed by atoms with Crippen molar-refractivity contribution in [3.8, 4) is 0 Å². The highest BCUT2D eigenvalue weighted by Gasteiger charge is 2.14. The third kappa shape index (κ3) is 2.11. The Bertz CT molecular complexity index is 551. The zero-order valence-electron chi connectivity index (χ0n) is 10.2. The molecule has 0 spiro atoms. The summed E-state index contributed by atoms with van der Waals surface area (Å²) in [6.45, 7) is 6.38. The highest BCUT2D eigenvalue weighted by Crippen LogP contribution is 2.23. The molecule has 0 amide bonds. The molecule has 0 bridgehead atoms. The first-order valence-corrected chi connectivity index (χ1v) is 5.54. The minimum atomic E-state index is 0.119. The van der Waals surface area contributed by atoms with E-state index in [1.807, 2.05) is 0 Å². The fourth-order valence-corrected chi connectivity index (χ4v) is 1.52. The lowest BCUT2D eigenvalue weighted by Crippen LogP contribution is -2.08. The number of nitrogens with zero attached hydrogens (tertiary/aromatic N) is 4. The third-order valence-corrected chi connectivity index (χ3v) is 2.94. The van der Waals surface area contributed by atoms with E-state index < -0.39 is 0 Å². The summed E-state index contributed by atoms with van der Waals surface area (Å²) in [6, 6.07) is 0. The highest BCUT2D eigenvalue weighted by molar-refractivity contribution is 5.81. The van der Waals surface area contributed by atoms with E-state index >= 15 is 0 Å². The molecule has 90 valence electrons. The molecular formula is C11H16N6. The minimum Gasteiger partial charge on any atom is -0.382 e. The zero-order chi connectivity index (χ0) is 12.6. The molecule has 0 fully saturated rings. The van der Waals surface area contributed by atoms with Crippen LogP contribution in [0.15, 0.2) is 6.20 Å². The first kappa shape index (κ1) is 11.5. The first-order valence-electron chi connectivity index (χ1n) is 5.54. The molecule has 17 heavy (non-hydrogen) atoms. The van der Waals surface area contributed by atoms with Crippen LogP contribution in [0.25, 0.3) is 11.2 Å². The average Bonchev–Trinajstić information content (AvgIpc) is 2.27. The zero-order valence-corrected chi connectivity index (χ0v) is 10.2. The fourth-order valence-electron chi connectivity index (χ4n) is 1.52. The summed E-state index contributed by atoms with van der Waals surface area (Å²) in [4.78, 5) is 16.6. The van der Waals surface area contributed by atoms with Gasteiger partial charge in [-0.3, -0.25) is 0 Å². The normalized spacial score (nSPS) is 13.2. The van der Waals surface area contributed by atoms with Crippen molar-refractivity contribution < 1.29 is 0 Å². The van der Waals surface area contributed by atoms with Crippen molar-refractivity contribution in [1.29, 1.82) is 0 Å². The molecular weight excluding hydrogens is 216 g/mol. The molecule has 4 N–H and O–H groups in total. The van der Waals surface area contributed by atoms with Gasteiger partial charge in [0.1, 0.15) is 0 Å². The van der Waals surface area contributed by atoms with Crippen LogP contribution in [0, 0.1) is 5.92 Å². The second-order valence-electron chi connectivity index (χ2n) is 4.47. The fraction of sp³-hybridized carbons (Fsp3) is 0.455. The van der Waals surface area contributed by atoms with Crippen molar-refractivity contribution in [2.45, 2.75) is 26.7 Å². The molecule has 1 unspecified atom stereocenters. The van der Waals surface area contributed by atoms with Gasteiger partial charge in [-0.25, -0.2) is 9.97 Å². The number of fused-ring (bicyclic) bond motifs is 1. The molecule has 0 saturated heterocycles. The predicted octanol–water partition coefficient (Wildman–Crippen LogP) is 1.34. The number of rotatable bonds is 2. The summed E-state index contributed by atoms with van der Waals surface area (Å²) in [6.07, 6.45) is 1.72. The van der Waals surface area contributed by atoms with Gasteiger partial charge in [0.05, 0.1) is 11.9 Å². The van der Waals surface area contributed by atoms with E-state index in [9.17, 15) is 0 Å². The van der Waals surface area contributed by atoms with Crippen LogP contribution in [0.1, 0.15) is 32.4 Å². The van der Waals surface area contributed by atoms with Gasteiger partial charge in [0.25, 0.3) is 0 Å². The molecule has 2 aromatic heterocycles. The van der Waals surface area contributed by atoms with Gasteiger partial charge < -0.3 is 11.5 Å². The number of nitrogen functional groups attached to an aromatic ring is 2. The van der Waals surface area contributed by atoms with Gasteiger partial charge in [0, 0.05) is 5.92 Å². The standard InChI is InChI=1S/C11H16N6/c1-5(2)6(3)7-4-14-10-8(15-7)9(12)16-11(13)17-10/h4-6H,1-3H3,(H4,12,13,14,16,17). The highest BCUT2D eigenvalue weighted by atomic mass is 15.1. The second-order valence-corrected chi connectivity index (χ2v) is 4.47. The monoisotopic (exact) mass is 232 g/mol. The van der Waals surface area contributed by atoms with E-state index in [0.717, 1.165) is 5.69 Å². The van der Waals surface area contributed by atoms with Gasteiger partial charge in [-0.2, -0.15) is 9.97 Å². The minimum absolute atomic E-state index is 0.119. The maximum atomic E-state index is 5.77. The van der Waals surface area contributed by atoms with Crippen LogP contribution in [-0.4, -0.2) is 19.9 Å². The smallest absolute Gasteiger partial charge is 0.224 e. The van der Waals surface area contributed by atoms with Crippen molar-refractivity contribution in [1.82, 2.24) is 19.9 Å².